The molecule has 152 valence electrons. The summed E-state index contributed by atoms with van der Waals surface area (Å²) in [6.07, 6.45) is 1.71. The molecule has 7 heteroatoms. The van der Waals surface area contributed by atoms with E-state index < -0.39 is 0 Å². The van der Waals surface area contributed by atoms with Crippen molar-refractivity contribution in [1.29, 1.82) is 0 Å². The Morgan fingerprint density at radius 2 is 1.53 bits per heavy atom. The van der Waals surface area contributed by atoms with Crippen LogP contribution >= 0.6 is 23.2 Å². The predicted octanol–water partition coefficient (Wildman–Crippen LogP) is 6.72. The van der Waals surface area contributed by atoms with Gasteiger partial charge in [-0.1, -0.05) is 47.5 Å². The van der Waals surface area contributed by atoms with E-state index in [2.05, 4.69) is 9.97 Å². The quantitative estimate of drug-likeness (QED) is 0.344. The highest BCUT2D eigenvalue weighted by atomic mass is 35.5. The zero-order chi connectivity index (χ0) is 21.3. The summed E-state index contributed by atoms with van der Waals surface area (Å²) in [5, 5.41) is 1.63. The van der Waals surface area contributed by atoms with Gasteiger partial charge in [0, 0.05) is 23.2 Å². The molecule has 0 saturated heterocycles. The van der Waals surface area contributed by atoms with E-state index in [0.717, 1.165) is 27.8 Å². The van der Waals surface area contributed by atoms with Crippen LogP contribution in [0.2, 0.25) is 10.0 Å². The SMILES string of the molecule is COc1cc(OC)c(Cl)c(-c2ccc3nc(Oc4ccccc4C)ncc3c2)c1Cl. The zero-order valence-electron chi connectivity index (χ0n) is 16.6. The number of aryl methyl sites for hydroxylation is 1. The van der Waals surface area contributed by atoms with Crippen LogP contribution in [-0.2, 0) is 0 Å². The molecule has 0 spiro atoms. The van der Waals surface area contributed by atoms with Crippen molar-refractivity contribution in [2.45, 2.75) is 6.92 Å². The molecular weight excluding hydrogens is 423 g/mol. The van der Waals surface area contributed by atoms with Gasteiger partial charge in [-0.15, -0.1) is 0 Å². The fourth-order valence-electron chi connectivity index (χ4n) is 3.13. The van der Waals surface area contributed by atoms with Gasteiger partial charge in [0.15, 0.2) is 0 Å². The lowest BCUT2D eigenvalue weighted by atomic mass is 10.0. The summed E-state index contributed by atoms with van der Waals surface area (Å²) in [6.45, 7) is 1.97. The van der Waals surface area contributed by atoms with Gasteiger partial charge < -0.3 is 14.2 Å². The van der Waals surface area contributed by atoms with Gasteiger partial charge >= 0.3 is 6.01 Å². The van der Waals surface area contributed by atoms with E-state index in [1.54, 1.807) is 26.5 Å². The second-order valence-corrected chi connectivity index (χ2v) is 7.33. The summed E-state index contributed by atoms with van der Waals surface area (Å²) in [4.78, 5) is 8.85. The van der Waals surface area contributed by atoms with E-state index in [-0.39, 0.29) is 6.01 Å². The third-order valence-electron chi connectivity index (χ3n) is 4.71. The zero-order valence-corrected chi connectivity index (χ0v) is 18.1. The Labute approximate surface area is 184 Å². The average Bonchev–Trinajstić information content (AvgIpc) is 2.76. The molecule has 0 aliphatic heterocycles. The van der Waals surface area contributed by atoms with Crippen molar-refractivity contribution in [3.8, 4) is 34.4 Å². The molecule has 0 atom stereocenters. The molecule has 0 aliphatic carbocycles. The molecule has 5 nitrogen and oxygen atoms in total. The fraction of sp³-hybridized carbons (Fsp3) is 0.130. The van der Waals surface area contributed by atoms with Crippen LogP contribution in [0.15, 0.2) is 54.7 Å². The minimum absolute atomic E-state index is 0.281. The first-order chi connectivity index (χ1) is 14.5. The van der Waals surface area contributed by atoms with Crippen molar-refractivity contribution in [1.82, 2.24) is 9.97 Å². The van der Waals surface area contributed by atoms with Gasteiger partial charge in [0.2, 0.25) is 0 Å². The number of ether oxygens (including phenoxy) is 3. The van der Waals surface area contributed by atoms with Crippen molar-refractivity contribution in [2.24, 2.45) is 0 Å². The maximum absolute atomic E-state index is 6.54. The summed E-state index contributed by atoms with van der Waals surface area (Å²) in [5.74, 6) is 1.67. The molecule has 30 heavy (non-hydrogen) atoms. The molecule has 0 fully saturated rings. The third-order valence-corrected chi connectivity index (χ3v) is 5.47. The van der Waals surface area contributed by atoms with E-state index in [4.69, 9.17) is 37.4 Å². The smallest absolute Gasteiger partial charge is 0.322 e. The van der Waals surface area contributed by atoms with Crippen molar-refractivity contribution in [3.63, 3.8) is 0 Å². The van der Waals surface area contributed by atoms with E-state index in [0.29, 0.717) is 27.1 Å². The van der Waals surface area contributed by atoms with E-state index in [1.807, 2.05) is 49.4 Å². The average molecular weight is 441 g/mol. The Hall–Kier alpha value is -3.02. The number of halogens is 2. The molecule has 0 aliphatic rings. The summed E-state index contributed by atoms with van der Waals surface area (Å²) in [5.41, 5.74) is 3.16. The van der Waals surface area contributed by atoms with Gasteiger partial charge in [-0.25, -0.2) is 4.98 Å². The van der Waals surface area contributed by atoms with Gasteiger partial charge in [-0.3, -0.25) is 0 Å². The lowest BCUT2D eigenvalue weighted by Crippen LogP contribution is -1.95. The van der Waals surface area contributed by atoms with Gasteiger partial charge in [0.25, 0.3) is 0 Å². The number of fused-ring (bicyclic) bond motifs is 1. The summed E-state index contributed by atoms with van der Waals surface area (Å²) >= 11 is 13.1. The van der Waals surface area contributed by atoms with E-state index in [9.17, 15) is 0 Å². The second kappa shape index (κ2) is 8.38. The number of benzene rings is 3. The maximum Gasteiger partial charge on any atom is 0.322 e. The molecule has 0 amide bonds. The maximum atomic E-state index is 6.54. The molecule has 0 saturated carbocycles. The number of nitrogens with zero attached hydrogens (tertiary/aromatic N) is 2. The molecule has 0 bridgehead atoms. The monoisotopic (exact) mass is 440 g/mol. The van der Waals surface area contributed by atoms with E-state index in [1.165, 1.54) is 0 Å². The molecule has 4 aromatic rings. The van der Waals surface area contributed by atoms with Crippen LogP contribution in [0.5, 0.6) is 23.3 Å². The first-order valence-corrected chi connectivity index (χ1v) is 9.88. The Kier molecular flexibility index (Phi) is 5.66. The summed E-state index contributed by atoms with van der Waals surface area (Å²) in [6, 6.07) is 15.3. The highest BCUT2D eigenvalue weighted by Crippen LogP contribution is 2.46. The molecule has 0 radical (unpaired) electrons. The van der Waals surface area contributed by atoms with Crippen LogP contribution < -0.4 is 14.2 Å². The van der Waals surface area contributed by atoms with Crippen molar-refractivity contribution in [3.05, 3.63) is 70.3 Å². The first-order valence-electron chi connectivity index (χ1n) is 9.12. The normalized spacial score (nSPS) is 10.8. The van der Waals surface area contributed by atoms with Crippen molar-refractivity contribution < 1.29 is 14.2 Å². The highest BCUT2D eigenvalue weighted by Gasteiger charge is 2.19. The number of rotatable bonds is 5. The number of methoxy groups -OCH3 is 2. The molecule has 3 aromatic carbocycles. The van der Waals surface area contributed by atoms with Crippen LogP contribution in [-0.4, -0.2) is 24.2 Å². The number of para-hydroxylation sites is 1. The number of hydrogen-bond acceptors (Lipinski definition) is 5. The minimum atomic E-state index is 0.281. The predicted molar refractivity (Wildman–Crippen MR) is 119 cm³/mol. The molecule has 1 aromatic heterocycles. The van der Waals surface area contributed by atoms with E-state index >= 15 is 0 Å². The van der Waals surface area contributed by atoms with Crippen molar-refractivity contribution >= 4 is 34.1 Å². The molecule has 0 unspecified atom stereocenters. The minimum Gasteiger partial charge on any atom is -0.495 e. The van der Waals surface area contributed by atoms with Crippen LogP contribution in [0, 0.1) is 6.92 Å². The first kappa shape index (κ1) is 20.3. The van der Waals surface area contributed by atoms with Crippen LogP contribution in [0.4, 0.5) is 0 Å². The largest absolute Gasteiger partial charge is 0.495 e. The fourth-order valence-corrected chi connectivity index (χ4v) is 3.85. The number of hydrogen-bond donors (Lipinski definition) is 0. The van der Waals surface area contributed by atoms with Gasteiger partial charge in [0.1, 0.15) is 17.2 Å². The topological polar surface area (TPSA) is 53.5 Å². The Morgan fingerprint density at radius 1 is 0.833 bits per heavy atom. The lowest BCUT2D eigenvalue weighted by Gasteiger charge is -2.15. The third kappa shape index (κ3) is 3.74. The summed E-state index contributed by atoms with van der Waals surface area (Å²) in [7, 11) is 3.09. The highest BCUT2D eigenvalue weighted by molar-refractivity contribution is 6.41. The lowest BCUT2D eigenvalue weighted by molar-refractivity contribution is 0.395. The van der Waals surface area contributed by atoms with Gasteiger partial charge in [-0.2, -0.15) is 4.98 Å². The van der Waals surface area contributed by atoms with Gasteiger partial charge in [0.05, 0.1) is 29.8 Å². The molecule has 4 rings (SSSR count). The Balaban J connectivity index is 1.76. The summed E-state index contributed by atoms with van der Waals surface area (Å²) < 4.78 is 16.6. The van der Waals surface area contributed by atoms with Crippen LogP contribution in [0.1, 0.15) is 5.56 Å². The number of aromatic nitrogens is 2. The standard InChI is InChI=1S/C23H18Cl2N2O3/c1-13-6-4-5-7-17(13)30-23-26-12-15-10-14(8-9-16(15)27-23)20-21(24)18(28-2)11-19(29-3)22(20)25/h4-12H,1-3H3. The van der Waals surface area contributed by atoms with Crippen LogP contribution in [0.25, 0.3) is 22.0 Å². The molecular formula is C23H18Cl2N2O3. The van der Waals surface area contributed by atoms with Crippen LogP contribution in [0.3, 0.4) is 0 Å². The van der Waals surface area contributed by atoms with Gasteiger partial charge in [-0.05, 0) is 36.2 Å². The molecule has 0 N–H and O–H groups in total. The van der Waals surface area contributed by atoms with Crippen molar-refractivity contribution in [2.75, 3.05) is 14.2 Å². The second-order valence-electron chi connectivity index (χ2n) is 6.58. The molecule has 1 heterocycles. The Bertz CT molecular complexity index is 1220. The Morgan fingerprint density at radius 3 is 2.20 bits per heavy atom.